The van der Waals surface area contributed by atoms with Crippen molar-refractivity contribution in [3.8, 4) is 0 Å². The molecule has 1 heterocycles. The van der Waals surface area contributed by atoms with Gasteiger partial charge >= 0.3 is 5.69 Å². The summed E-state index contributed by atoms with van der Waals surface area (Å²) in [5.74, 6) is 0.314. The van der Waals surface area contributed by atoms with Crippen LogP contribution in [0, 0.1) is 5.92 Å². The molecule has 3 aromatic rings. The van der Waals surface area contributed by atoms with Crippen molar-refractivity contribution in [2.24, 2.45) is 13.0 Å². The molecule has 0 atom stereocenters. The Labute approximate surface area is 146 Å². The van der Waals surface area contributed by atoms with Crippen molar-refractivity contribution in [2.75, 3.05) is 5.32 Å². The van der Waals surface area contributed by atoms with Crippen molar-refractivity contribution in [3.05, 3.63) is 74.9 Å². The summed E-state index contributed by atoms with van der Waals surface area (Å²) in [6.45, 7) is 5.37. The monoisotopic (exact) mass is 337 g/mol. The van der Waals surface area contributed by atoms with Crippen LogP contribution in [0.3, 0.4) is 0 Å². The van der Waals surface area contributed by atoms with Crippen molar-refractivity contribution in [1.29, 1.82) is 0 Å². The lowest BCUT2D eigenvalue weighted by atomic mass is 10.1. The minimum atomic E-state index is -0.267. The summed E-state index contributed by atoms with van der Waals surface area (Å²) in [6.07, 6.45) is 0. The van der Waals surface area contributed by atoms with Gasteiger partial charge in [0.1, 0.15) is 0 Å². The maximum absolute atomic E-state index is 12.5. The summed E-state index contributed by atoms with van der Waals surface area (Å²) < 4.78 is 2.87. The molecule has 0 saturated heterocycles. The zero-order chi connectivity index (χ0) is 18.0. The van der Waals surface area contributed by atoms with Gasteiger partial charge in [-0.1, -0.05) is 44.2 Å². The first-order valence-electron chi connectivity index (χ1n) is 8.48. The van der Waals surface area contributed by atoms with E-state index in [4.69, 9.17) is 0 Å². The third kappa shape index (κ3) is 3.50. The molecule has 25 heavy (non-hydrogen) atoms. The number of aromatic nitrogens is 2. The Kier molecular flexibility index (Phi) is 4.74. The summed E-state index contributed by atoms with van der Waals surface area (Å²) in [5.41, 5.74) is 2.19. The molecule has 0 spiro atoms. The Morgan fingerprint density at radius 2 is 1.76 bits per heavy atom. The highest BCUT2D eigenvalue weighted by atomic mass is 16.2. The Hall–Kier alpha value is -2.82. The van der Waals surface area contributed by atoms with E-state index in [9.17, 15) is 9.59 Å². The second-order valence-electron chi connectivity index (χ2n) is 6.72. The van der Waals surface area contributed by atoms with Crippen LogP contribution in [-0.2, 0) is 20.1 Å². The van der Waals surface area contributed by atoms with Crippen molar-refractivity contribution in [1.82, 2.24) is 9.13 Å². The quantitative estimate of drug-likeness (QED) is 0.779. The maximum atomic E-state index is 12.5. The van der Waals surface area contributed by atoms with Crippen molar-refractivity contribution >= 4 is 16.6 Å². The molecule has 0 aliphatic carbocycles. The van der Waals surface area contributed by atoms with Crippen LogP contribution in [-0.4, -0.2) is 9.13 Å². The summed E-state index contributed by atoms with van der Waals surface area (Å²) >= 11 is 0. The molecule has 1 N–H and O–H groups in total. The lowest BCUT2D eigenvalue weighted by Crippen LogP contribution is -2.38. The van der Waals surface area contributed by atoms with E-state index in [0.717, 1.165) is 5.69 Å². The predicted octanol–water partition coefficient (Wildman–Crippen LogP) is 2.97. The minimum Gasteiger partial charge on any atom is -0.381 e. The number of fused-ring (bicyclic) bond motifs is 1. The third-order valence-electron chi connectivity index (χ3n) is 4.23. The van der Waals surface area contributed by atoms with Crippen LogP contribution in [0.1, 0.15) is 19.4 Å². The summed E-state index contributed by atoms with van der Waals surface area (Å²) in [5, 5.41) is 3.90. The molecule has 0 aliphatic heterocycles. The number of nitrogens with zero attached hydrogens (tertiary/aromatic N) is 2. The highest BCUT2D eigenvalue weighted by Crippen LogP contribution is 2.17. The van der Waals surface area contributed by atoms with Crippen molar-refractivity contribution < 1.29 is 0 Å². The average molecular weight is 337 g/mol. The van der Waals surface area contributed by atoms with Gasteiger partial charge < -0.3 is 5.32 Å². The SMILES string of the molecule is CC(C)Cn1c(=O)n(C)c(=O)c2cc(NCc3ccccc3)ccc21. The Bertz CT molecular complexity index is 1000. The topological polar surface area (TPSA) is 56.0 Å². The maximum Gasteiger partial charge on any atom is 0.331 e. The second-order valence-corrected chi connectivity index (χ2v) is 6.72. The van der Waals surface area contributed by atoms with Crippen LogP contribution in [0.25, 0.3) is 10.9 Å². The standard InChI is InChI=1S/C20H23N3O2/c1-14(2)13-23-18-10-9-16(21-12-15-7-5-4-6-8-15)11-17(18)19(24)22(3)20(23)25/h4-11,14,21H,12-13H2,1-3H3. The van der Waals surface area contributed by atoms with Crippen molar-refractivity contribution in [2.45, 2.75) is 26.9 Å². The smallest absolute Gasteiger partial charge is 0.331 e. The molecule has 0 radical (unpaired) electrons. The fourth-order valence-electron chi connectivity index (χ4n) is 2.95. The van der Waals surface area contributed by atoms with E-state index in [-0.39, 0.29) is 11.2 Å². The molecule has 0 bridgehead atoms. The van der Waals surface area contributed by atoms with Gasteiger partial charge in [-0.05, 0) is 29.7 Å². The molecule has 0 amide bonds. The molecule has 1 aromatic heterocycles. The lowest BCUT2D eigenvalue weighted by molar-refractivity contribution is 0.502. The van der Waals surface area contributed by atoms with Gasteiger partial charge in [0.05, 0.1) is 10.9 Å². The van der Waals surface area contributed by atoms with Gasteiger partial charge in [-0.15, -0.1) is 0 Å². The van der Waals surface area contributed by atoms with Crippen LogP contribution < -0.4 is 16.6 Å². The molecule has 130 valence electrons. The largest absolute Gasteiger partial charge is 0.381 e. The Morgan fingerprint density at radius 1 is 1.04 bits per heavy atom. The predicted molar refractivity (Wildman–Crippen MR) is 102 cm³/mol. The molecule has 2 aromatic carbocycles. The second kappa shape index (κ2) is 6.97. The van der Waals surface area contributed by atoms with E-state index in [1.807, 2.05) is 48.5 Å². The summed E-state index contributed by atoms with van der Waals surface area (Å²) in [7, 11) is 1.53. The summed E-state index contributed by atoms with van der Waals surface area (Å²) in [4.78, 5) is 25.0. The fourth-order valence-corrected chi connectivity index (χ4v) is 2.95. The highest BCUT2D eigenvalue weighted by Gasteiger charge is 2.12. The highest BCUT2D eigenvalue weighted by molar-refractivity contribution is 5.82. The first kappa shape index (κ1) is 17.0. The van der Waals surface area contributed by atoms with Gasteiger partial charge in [-0.3, -0.25) is 13.9 Å². The minimum absolute atomic E-state index is 0.261. The van der Waals surface area contributed by atoms with Crippen LogP contribution in [0.15, 0.2) is 58.1 Å². The third-order valence-corrected chi connectivity index (χ3v) is 4.23. The van der Waals surface area contributed by atoms with E-state index < -0.39 is 0 Å². The van der Waals surface area contributed by atoms with Gasteiger partial charge in [-0.25, -0.2) is 4.79 Å². The molecule has 0 fully saturated rings. The van der Waals surface area contributed by atoms with Gasteiger partial charge in [-0.2, -0.15) is 0 Å². The van der Waals surface area contributed by atoms with E-state index in [2.05, 4.69) is 19.2 Å². The normalized spacial score (nSPS) is 11.2. The Balaban J connectivity index is 2.02. The zero-order valence-electron chi connectivity index (χ0n) is 14.8. The van der Waals surface area contributed by atoms with Crippen LogP contribution in [0.5, 0.6) is 0 Å². The van der Waals surface area contributed by atoms with Crippen LogP contribution in [0.4, 0.5) is 5.69 Å². The fraction of sp³-hybridized carbons (Fsp3) is 0.300. The molecule has 3 rings (SSSR count). The van der Waals surface area contributed by atoms with Gasteiger partial charge in [0.2, 0.25) is 0 Å². The average Bonchev–Trinajstić information content (AvgIpc) is 2.62. The number of anilines is 1. The van der Waals surface area contributed by atoms with E-state index >= 15 is 0 Å². The Morgan fingerprint density at radius 3 is 2.44 bits per heavy atom. The van der Waals surface area contributed by atoms with Crippen molar-refractivity contribution in [3.63, 3.8) is 0 Å². The molecule has 5 heteroatoms. The first-order valence-corrected chi connectivity index (χ1v) is 8.48. The van der Waals surface area contributed by atoms with Gasteiger partial charge in [0.25, 0.3) is 5.56 Å². The van der Waals surface area contributed by atoms with E-state index in [1.165, 1.54) is 17.2 Å². The van der Waals surface area contributed by atoms with Crippen LogP contribution in [0.2, 0.25) is 0 Å². The van der Waals surface area contributed by atoms with Gasteiger partial charge in [0, 0.05) is 25.8 Å². The molecule has 0 saturated carbocycles. The van der Waals surface area contributed by atoms with Crippen LogP contribution >= 0.6 is 0 Å². The van der Waals surface area contributed by atoms with E-state index in [0.29, 0.717) is 29.9 Å². The number of hydrogen-bond acceptors (Lipinski definition) is 3. The number of hydrogen-bond donors (Lipinski definition) is 1. The number of rotatable bonds is 5. The molecule has 5 nitrogen and oxygen atoms in total. The van der Waals surface area contributed by atoms with Gasteiger partial charge in [0.15, 0.2) is 0 Å². The number of benzene rings is 2. The lowest BCUT2D eigenvalue weighted by Gasteiger charge is -2.15. The summed E-state index contributed by atoms with van der Waals surface area (Å²) in [6, 6.07) is 15.7. The number of nitrogens with one attached hydrogen (secondary N) is 1. The zero-order valence-corrected chi connectivity index (χ0v) is 14.8. The van der Waals surface area contributed by atoms with E-state index in [1.54, 1.807) is 4.57 Å². The molecule has 0 aliphatic rings. The molecular formula is C20H23N3O2. The first-order chi connectivity index (χ1) is 12.0. The molecule has 0 unspecified atom stereocenters. The molecular weight excluding hydrogens is 314 g/mol.